The molecule has 1 nitrogen and oxygen atoms in total. The fourth-order valence-corrected chi connectivity index (χ4v) is 6.24. The zero-order chi connectivity index (χ0) is 23.5. The van der Waals surface area contributed by atoms with Crippen molar-refractivity contribution in [1.82, 2.24) is 0 Å². The Labute approximate surface area is 200 Å². The van der Waals surface area contributed by atoms with Gasteiger partial charge in [-0.05, 0) is 80.4 Å². The number of Topliss-reactive ketones (excluding diaryl/α,β-unsaturated/α-hetero) is 1. The monoisotopic (exact) mass is 477 g/mol. The van der Waals surface area contributed by atoms with E-state index >= 15 is 0 Å². The maximum atomic E-state index is 14.4. The quantitative estimate of drug-likeness (QED) is 0.206. The molecule has 0 saturated carbocycles. The molecule has 0 aliphatic rings. The first-order valence-corrected chi connectivity index (χ1v) is 12.5. The Kier molecular flexibility index (Phi) is 7.01. The van der Waals surface area contributed by atoms with Crippen molar-refractivity contribution in [2.75, 3.05) is 0 Å². The Bertz CT molecular complexity index is 1250. The van der Waals surface area contributed by atoms with Gasteiger partial charge in [-0.25, -0.2) is 8.78 Å². The van der Waals surface area contributed by atoms with Crippen LogP contribution in [0.5, 0.6) is 0 Å². The van der Waals surface area contributed by atoms with Crippen LogP contribution in [-0.2, 0) is 10.9 Å². The third-order valence-corrected chi connectivity index (χ3v) is 8.52. The average molecular weight is 478 g/mol. The Hall–Kier alpha value is -2.89. The van der Waals surface area contributed by atoms with Crippen molar-refractivity contribution in [2.45, 2.75) is 45.2 Å². The van der Waals surface area contributed by atoms with Crippen molar-refractivity contribution in [1.29, 1.82) is 0 Å². The normalized spacial score (nSPS) is 11.1. The van der Waals surface area contributed by atoms with Gasteiger partial charge < -0.3 is 0 Å². The number of hydrogen-bond donors (Lipinski definition) is 0. The smallest absolute Gasteiger partial charge is 0.169 e. The van der Waals surface area contributed by atoms with Gasteiger partial charge in [-0.1, -0.05) is 36.0 Å². The van der Waals surface area contributed by atoms with E-state index in [1.807, 2.05) is 60.7 Å². The molecule has 0 aliphatic carbocycles. The maximum absolute atomic E-state index is 14.4. The first kappa shape index (κ1) is 23.3. The van der Waals surface area contributed by atoms with Crippen LogP contribution in [0.25, 0.3) is 0 Å². The molecule has 0 aliphatic heterocycles. The van der Waals surface area contributed by atoms with Crippen LogP contribution >= 0.6 is 11.8 Å². The van der Waals surface area contributed by atoms with Gasteiger partial charge in [0.2, 0.25) is 0 Å². The molecule has 0 N–H and O–H groups in total. The molecule has 0 heterocycles. The molecule has 4 rings (SSSR count). The molecule has 33 heavy (non-hydrogen) atoms. The third kappa shape index (κ3) is 5.37. The lowest BCUT2D eigenvalue weighted by Crippen LogP contribution is -2.06. The van der Waals surface area contributed by atoms with Gasteiger partial charge in [0, 0.05) is 27.5 Å². The molecule has 4 aromatic carbocycles. The molecule has 166 valence electrons. The molecule has 0 unspecified atom stereocenters. The topological polar surface area (TPSA) is 17.1 Å². The lowest BCUT2D eigenvalue weighted by molar-refractivity contribution is 0.101. The largest absolute Gasteiger partial charge is 0.295 e. The second kappa shape index (κ2) is 9.94. The molecule has 0 atom stereocenters. The molecule has 4 aromatic rings. The van der Waals surface area contributed by atoms with Gasteiger partial charge in [0.15, 0.2) is 20.5 Å². The van der Waals surface area contributed by atoms with Crippen LogP contribution in [0.2, 0.25) is 0 Å². The number of carbonyl (C=O) groups excluding carboxylic acids is 1. The summed E-state index contributed by atoms with van der Waals surface area (Å²) in [4.78, 5) is 16.2. The number of ketones is 1. The summed E-state index contributed by atoms with van der Waals surface area (Å²) in [5.41, 5.74) is 1.86. The summed E-state index contributed by atoms with van der Waals surface area (Å²) in [5, 5.41) is 0. The molecule has 0 amide bonds. The van der Waals surface area contributed by atoms with E-state index in [1.54, 1.807) is 56.8 Å². The molecule has 0 aromatic heterocycles. The van der Waals surface area contributed by atoms with Crippen molar-refractivity contribution in [2.24, 2.45) is 0 Å². The van der Waals surface area contributed by atoms with E-state index in [0.29, 0.717) is 16.7 Å². The summed E-state index contributed by atoms with van der Waals surface area (Å²) < 4.78 is 28.8. The summed E-state index contributed by atoms with van der Waals surface area (Å²) in [5.74, 6) is -0.486. The molecule has 0 radical (unpaired) electrons. The van der Waals surface area contributed by atoms with E-state index in [4.69, 9.17) is 0 Å². The van der Waals surface area contributed by atoms with Crippen LogP contribution in [0.1, 0.15) is 28.4 Å². The first-order chi connectivity index (χ1) is 15.8. The molecule has 0 bridgehead atoms. The highest BCUT2D eigenvalue weighted by atomic mass is 32.2. The highest BCUT2D eigenvalue weighted by Crippen LogP contribution is 2.35. The molecular formula is C28H23F2OS2+. The Morgan fingerprint density at radius 3 is 1.52 bits per heavy atom. The summed E-state index contributed by atoms with van der Waals surface area (Å²) in [6.07, 6.45) is 0. The number of hydrogen-bond acceptors (Lipinski definition) is 2. The highest BCUT2D eigenvalue weighted by Gasteiger charge is 2.30. The number of carbonyl (C=O) groups is 1. The Morgan fingerprint density at radius 2 is 1.09 bits per heavy atom. The van der Waals surface area contributed by atoms with Crippen LogP contribution in [0.3, 0.4) is 0 Å². The van der Waals surface area contributed by atoms with Gasteiger partial charge in [-0.2, -0.15) is 0 Å². The second-order valence-corrected chi connectivity index (χ2v) is 11.0. The van der Waals surface area contributed by atoms with E-state index in [-0.39, 0.29) is 17.4 Å². The van der Waals surface area contributed by atoms with E-state index in [1.165, 1.54) is 0 Å². The van der Waals surface area contributed by atoms with E-state index in [9.17, 15) is 13.6 Å². The third-order valence-electron chi connectivity index (χ3n) is 5.31. The zero-order valence-corrected chi connectivity index (χ0v) is 20.2. The minimum Gasteiger partial charge on any atom is -0.295 e. The summed E-state index contributed by atoms with van der Waals surface area (Å²) >= 11 is 1.60. The van der Waals surface area contributed by atoms with Crippen LogP contribution in [0.15, 0.2) is 109 Å². The number of halogens is 2. The van der Waals surface area contributed by atoms with Crippen molar-refractivity contribution >= 4 is 28.4 Å². The molecule has 0 saturated heterocycles. The Balaban J connectivity index is 1.67. The van der Waals surface area contributed by atoms with Crippen molar-refractivity contribution in [3.63, 3.8) is 0 Å². The maximum Gasteiger partial charge on any atom is 0.169 e. The predicted octanol–water partition coefficient (Wildman–Crippen LogP) is 8.03. The minimum atomic E-state index is -0.642. The molecule has 5 heteroatoms. The summed E-state index contributed by atoms with van der Waals surface area (Å²) in [7, 11) is -0.642. The fraction of sp³-hybridized carbons (Fsp3) is 0.107. The number of benzene rings is 4. The molecule has 0 fully saturated rings. The van der Waals surface area contributed by atoms with Gasteiger partial charge in [0.25, 0.3) is 0 Å². The van der Waals surface area contributed by atoms with E-state index in [0.717, 1.165) is 24.5 Å². The number of aryl methyl sites for hydroxylation is 2. The van der Waals surface area contributed by atoms with Crippen molar-refractivity contribution in [3.8, 4) is 0 Å². The van der Waals surface area contributed by atoms with Crippen LogP contribution in [0.4, 0.5) is 8.78 Å². The van der Waals surface area contributed by atoms with Gasteiger partial charge in [0.05, 0.1) is 10.9 Å². The Morgan fingerprint density at radius 1 is 0.667 bits per heavy atom. The minimum absolute atomic E-state index is 0.0445. The van der Waals surface area contributed by atoms with E-state index in [2.05, 4.69) is 0 Å². The van der Waals surface area contributed by atoms with Gasteiger partial charge in [-0.15, -0.1) is 0 Å². The highest BCUT2D eigenvalue weighted by molar-refractivity contribution is 7.99. The van der Waals surface area contributed by atoms with Crippen LogP contribution in [0, 0.1) is 25.5 Å². The lowest BCUT2D eigenvalue weighted by atomic mass is 10.2. The predicted molar refractivity (Wildman–Crippen MR) is 131 cm³/mol. The zero-order valence-electron chi connectivity index (χ0n) is 18.6. The van der Waals surface area contributed by atoms with Crippen LogP contribution < -0.4 is 0 Å². The SMILES string of the molecule is CC(=O)c1ccc(Sc2ccc([S+](c3ccc(C)c(F)c3)c3ccc(C)c(F)c3)cc2)cc1. The lowest BCUT2D eigenvalue weighted by Gasteiger charge is -2.10. The van der Waals surface area contributed by atoms with E-state index < -0.39 is 10.9 Å². The van der Waals surface area contributed by atoms with Crippen LogP contribution in [-0.4, -0.2) is 5.78 Å². The first-order valence-electron chi connectivity index (χ1n) is 10.5. The summed E-state index contributed by atoms with van der Waals surface area (Å²) in [6.45, 7) is 5.02. The standard InChI is InChI=1S/C28H23F2OS2/c1-18-4-12-25(16-27(18)29)33(26-13-5-19(2)28(30)17-26)24-14-10-23(11-15-24)32-22-8-6-21(7-9-22)20(3)31/h4-17H,1-3H3/q+1. The van der Waals surface area contributed by atoms with Crippen molar-refractivity contribution < 1.29 is 13.6 Å². The van der Waals surface area contributed by atoms with Gasteiger partial charge >= 0.3 is 0 Å². The average Bonchev–Trinajstić information content (AvgIpc) is 2.80. The number of rotatable bonds is 6. The molecular weight excluding hydrogens is 454 g/mol. The molecule has 0 spiro atoms. The second-order valence-electron chi connectivity index (χ2n) is 7.78. The summed E-state index contributed by atoms with van der Waals surface area (Å²) in [6, 6.07) is 26.1. The van der Waals surface area contributed by atoms with Gasteiger partial charge in [0.1, 0.15) is 11.6 Å². The fourth-order valence-electron chi connectivity index (χ4n) is 3.35. The van der Waals surface area contributed by atoms with Gasteiger partial charge in [-0.3, -0.25) is 4.79 Å². The van der Waals surface area contributed by atoms with Crippen molar-refractivity contribution in [3.05, 3.63) is 113 Å².